The van der Waals surface area contributed by atoms with Crippen molar-refractivity contribution in [1.29, 1.82) is 5.26 Å². The molecule has 0 aliphatic carbocycles. The highest BCUT2D eigenvalue weighted by atomic mass is 19.1. The fourth-order valence-electron chi connectivity index (χ4n) is 4.28. The number of imidazole rings is 1. The highest BCUT2D eigenvalue weighted by Gasteiger charge is 2.29. The van der Waals surface area contributed by atoms with Gasteiger partial charge in [0.1, 0.15) is 17.9 Å². The van der Waals surface area contributed by atoms with E-state index in [-0.39, 0.29) is 18.2 Å². The Kier molecular flexibility index (Phi) is 7.22. The molecule has 4 aromatic heterocycles. The van der Waals surface area contributed by atoms with Crippen LogP contribution in [0.15, 0.2) is 43.1 Å². The van der Waals surface area contributed by atoms with E-state index in [4.69, 9.17) is 5.26 Å². The number of aliphatic hydroxyl groups is 1. The third-order valence-corrected chi connectivity index (χ3v) is 6.55. The quantitative estimate of drug-likeness (QED) is 0.298. The third kappa shape index (κ3) is 5.64. The number of amides is 1. The minimum atomic E-state index is -1.68. The smallest absolute Gasteiger partial charge is 0.255 e. The van der Waals surface area contributed by atoms with Gasteiger partial charge in [-0.3, -0.25) is 9.78 Å². The van der Waals surface area contributed by atoms with Gasteiger partial charge in [-0.1, -0.05) is 0 Å². The molecule has 5 heterocycles. The van der Waals surface area contributed by atoms with Crippen molar-refractivity contribution in [2.75, 3.05) is 29.9 Å². The number of carbonyl (C=O) groups is 1. The largest absolute Gasteiger partial charge is 0.387 e. The molecule has 1 fully saturated rings. The molecule has 1 saturated heterocycles. The van der Waals surface area contributed by atoms with Crippen LogP contribution in [0, 0.1) is 17.1 Å². The zero-order chi connectivity index (χ0) is 28.4. The van der Waals surface area contributed by atoms with E-state index in [0.717, 1.165) is 12.4 Å². The van der Waals surface area contributed by atoms with E-state index >= 15 is 0 Å². The van der Waals surface area contributed by atoms with Crippen LogP contribution in [0.3, 0.4) is 0 Å². The van der Waals surface area contributed by atoms with Crippen molar-refractivity contribution < 1.29 is 18.7 Å². The first-order chi connectivity index (χ1) is 19.1. The molecule has 1 aliphatic heterocycles. The molecule has 1 aliphatic rings. The van der Waals surface area contributed by atoms with Gasteiger partial charge in [0.25, 0.3) is 5.91 Å². The predicted molar refractivity (Wildman–Crippen MR) is 141 cm³/mol. The van der Waals surface area contributed by atoms with Crippen molar-refractivity contribution in [2.24, 2.45) is 0 Å². The molecule has 0 saturated carbocycles. The number of anilines is 2. The number of pyridine rings is 1. The Balaban J connectivity index is 1.43. The fraction of sp³-hybridized carbons (Fsp3) is 0.346. The minimum absolute atomic E-state index is 0.126. The van der Waals surface area contributed by atoms with E-state index in [1.54, 1.807) is 18.3 Å². The summed E-state index contributed by atoms with van der Waals surface area (Å²) in [5.41, 5.74) is 0.814. The van der Waals surface area contributed by atoms with Gasteiger partial charge in [-0.15, -0.1) is 0 Å². The molecule has 40 heavy (non-hydrogen) atoms. The topological polar surface area (TPSA) is 157 Å². The number of fused-ring (bicyclic) bond motifs is 1. The number of hydrogen-bond acceptors (Lipinski definition) is 10. The summed E-state index contributed by atoms with van der Waals surface area (Å²) < 4.78 is 29.1. The molecule has 206 valence electrons. The summed E-state index contributed by atoms with van der Waals surface area (Å²) in [6.45, 7) is 3.36. The Morgan fingerprint density at radius 2 is 1.98 bits per heavy atom. The van der Waals surface area contributed by atoms with Gasteiger partial charge in [-0.05, 0) is 26.3 Å². The lowest BCUT2D eigenvalue weighted by molar-refractivity contribution is -0.00177. The van der Waals surface area contributed by atoms with Crippen molar-refractivity contribution in [3.8, 4) is 17.5 Å². The molecule has 0 bridgehead atoms. The maximum absolute atomic E-state index is 14.3. The number of alkyl halides is 1. The molecule has 0 spiro atoms. The van der Waals surface area contributed by atoms with Crippen LogP contribution in [0.25, 0.3) is 17.0 Å². The van der Waals surface area contributed by atoms with Gasteiger partial charge >= 0.3 is 0 Å². The number of nitrogens with zero attached hydrogens (tertiary/aromatic N) is 8. The Labute approximate surface area is 227 Å². The lowest BCUT2D eigenvalue weighted by Crippen LogP contribution is -2.42. The third-order valence-electron chi connectivity index (χ3n) is 6.55. The SMILES string of the molecule is CC(C)(O)C(F)CNC(=O)c1cnc(-c2cnc3cc(C#N)cnn23)cc1NC1CCN(c2ncc(F)cn2)C1. The van der Waals surface area contributed by atoms with Crippen molar-refractivity contribution in [3.05, 3.63) is 60.1 Å². The molecule has 5 rings (SSSR count). The maximum Gasteiger partial charge on any atom is 0.255 e. The van der Waals surface area contributed by atoms with E-state index in [1.807, 2.05) is 11.0 Å². The highest BCUT2D eigenvalue weighted by molar-refractivity contribution is 6.00. The van der Waals surface area contributed by atoms with E-state index in [2.05, 4.69) is 35.7 Å². The van der Waals surface area contributed by atoms with Gasteiger partial charge in [0.15, 0.2) is 11.5 Å². The molecule has 0 aromatic carbocycles. The van der Waals surface area contributed by atoms with Crippen molar-refractivity contribution >= 4 is 23.2 Å². The summed E-state index contributed by atoms with van der Waals surface area (Å²) in [6, 6.07) is 5.17. The number of carbonyl (C=O) groups excluding carboxylic acids is 1. The van der Waals surface area contributed by atoms with Gasteiger partial charge in [-0.25, -0.2) is 28.2 Å². The van der Waals surface area contributed by atoms with Crippen LogP contribution >= 0.6 is 0 Å². The van der Waals surface area contributed by atoms with Gasteiger partial charge < -0.3 is 20.6 Å². The second-order valence-corrected chi connectivity index (χ2v) is 9.99. The molecule has 4 aromatic rings. The maximum atomic E-state index is 14.3. The fourth-order valence-corrected chi connectivity index (χ4v) is 4.28. The molecule has 14 heteroatoms. The van der Waals surface area contributed by atoms with Gasteiger partial charge in [0, 0.05) is 31.4 Å². The Morgan fingerprint density at radius 1 is 1.20 bits per heavy atom. The van der Waals surface area contributed by atoms with Crippen LogP contribution in [0.1, 0.15) is 36.2 Å². The lowest BCUT2D eigenvalue weighted by Gasteiger charge is -2.23. The van der Waals surface area contributed by atoms with Gasteiger partial charge in [-0.2, -0.15) is 10.4 Å². The normalized spacial score (nSPS) is 16.1. The van der Waals surface area contributed by atoms with Crippen LogP contribution in [0.4, 0.5) is 20.4 Å². The molecule has 2 atom stereocenters. The van der Waals surface area contributed by atoms with Crippen molar-refractivity contribution in [1.82, 2.24) is 34.9 Å². The summed E-state index contributed by atoms with van der Waals surface area (Å²) in [4.78, 5) is 31.8. The zero-order valence-electron chi connectivity index (χ0n) is 21.7. The first-order valence-electron chi connectivity index (χ1n) is 12.5. The van der Waals surface area contributed by atoms with Crippen molar-refractivity contribution in [3.63, 3.8) is 0 Å². The summed E-state index contributed by atoms with van der Waals surface area (Å²) in [5.74, 6) is -0.697. The molecule has 2 unspecified atom stereocenters. The first kappa shape index (κ1) is 26.8. The van der Waals surface area contributed by atoms with Crippen LogP contribution in [-0.2, 0) is 0 Å². The second-order valence-electron chi connectivity index (χ2n) is 9.99. The lowest BCUT2D eigenvalue weighted by atomic mass is 10.0. The standard InChI is InChI=1S/C26H26F2N10O2/c1-26(2,40)22(28)13-32-24(39)18-11-30-20(21-12-31-23-5-15(7-29)8-35-38(21)23)6-19(18)36-17-3-4-37(14-17)25-33-9-16(27)10-34-25/h5-6,8-12,17,22,40H,3-4,13-14H2,1-2H3,(H,30,36)(H,32,39). The van der Waals surface area contributed by atoms with E-state index in [0.29, 0.717) is 53.7 Å². The van der Waals surface area contributed by atoms with Crippen LogP contribution in [0.2, 0.25) is 0 Å². The Morgan fingerprint density at radius 3 is 2.70 bits per heavy atom. The molecular weight excluding hydrogens is 522 g/mol. The van der Waals surface area contributed by atoms with Gasteiger partial charge in [0.2, 0.25) is 5.95 Å². The van der Waals surface area contributed by atoms with E-state index in [1.165, 1.54) is 30.8 Å². The molecule has 12 nitrogen and oxygen atoms in total. The molecular formula is C26H26F2N10O2. The highest BCUT2D eigenvalue weighted by Crippen LogP contribution is 2.27. The summed E-state index contributed by atoms with van der Waals surface area (Å²) in [7, 11) is 0. The number of nitrogens with one attached hydrogen (secondary N) is 2. The number of rotatable bonds is 8. The Hall–Kier alpha value is -4.77. The monoisotopic (exact) mass is 548 g/mol. The summed E-state index contributed by atoms with van der Waals surface area (Å²) in [6.07, 6.45) is 5.57. The summed E-state index contributed by atoms with van der Waals surface area (Å²) >= 11 is 0. The van der Waals surface area contributed by atoms with Crippen LogP contribution in [0.5, 0.6) is 0 Å². The Bertz CT molecular complexity index is 1580. The number of nitriles is 1. The van der Waals surface area contributed by atoms with E-state index < -0.39 is 23.5 Å². The first-order valence-corrected chi connectivity index (χ1v) is 12.5. The predicted octanol–water partition coefficient (Wildman–Crippen LogP) is 2.12. The molecule has 3 N–H and O–H groups in total. The van der Waals surface area contributed by atoms with Crippen molar-refractivity contribution in [2.45, 2.75) is 38.1 Å². The molecule has 0 radical (unpaired) electrons. The average molecular weight is 549 g/mol. The average Bonchev–Trinajstić information content (AvgIpc) is 3.58. The molecule has 1 amide bonds. The van der Waals surface area contributed by atoms with E-state index in [9.17, 15) is 18.7 Å². The number of aromatic nitrogens is 6. The van der Waals surface area contributed by atoms with Crippen LogP contribution < -0.4 is 15.5 Å². The second kappa shape index (κ2) is 10.8. The zero-order valence-corrected chi connectivity index (χ0v) is 21.7. The van der Waals surface area contributed by atoms with Gasteiger partial charge in [0.05, 0.1) is 59.4 Å². The van der Waals surface area contributed by atoms with Crippen LogP contribution in [-0.4, -0.2) is 78.0 Å². The number of hydrogen-bond donors (Lipinski definition) is 3. The number of halogens is 2. The summed E-state index contributed by atoms with van der Waals surface area (Å²) in [5, 5.41) is 29.2. The minimum Gasteiger partial charge on any atom is -0.387 e.